The van der Waals surface area contributed by atoms with Crippen LogP contribution in [0.5, 0.6) is 0 Å². The number of halogens is 1. The summed E-state index contributed by atoms with van der Waals surface area (Å²) >= 11 is 5.02. The lowest BCUT2D eigenvalue weighted by Gasteiger charge is -2.35. The van der Waals surface area contributed by atoms with Crippen LogP contribution in [0.1, 0.15) is 28.1 Å². The van der Waals surface area contributed by atoms with Crippen LogP contribution in [0.25, 0.3) is 0 Å². The Hall–Kier alpha value is -0.390. The van der Waals surface area contributed by atoms with E-state index < -0.39 is 0 Å². The number of likely N-dealkylation sites (tertiary alicyclic amines) is 1. The van der Waals surface area contributed by atoms with Crippen LogP contribution in [0.15, 0.2) is 9.85 Å². The van der Waals surface area contributed by atoms with Gasteiger partial charge in [0.05, 0.1) is 8.66 Å². The minimum atomic E-state index is 0.181. The maximum absolute atomic E-state index is 12.4. The molecular weight excluding hydrogens is 312 g/mol. The highest BCUT2D eigenvalue weighted by atomic mass is 79.9. The Balaban J connectivity index is 2.09. The first-order valence-electron chi connectivity index (χ1n) is 6.20. The van der Waals surface area contributed by atoms with Gasteiger partial charge in [-0.15, -0.1) is 11.3 Å². The van der Waals surface area contributed by atoms with Crippen LogP contribution in [-0.4, -0.2) is 48.9 Å². The molecule has 1 unspecified atom stereocenters. The van der Waals surface area contributed by atoms with Gasteiger partial charge in [0.2, 0.25) is 0 Å². The minimum Gasteiger partial charge on any atom is -0.336 e. The zero-order chi connectivity index (χ0) is 13.3. The van der Waals surface area contributed by atoms with E-state index in [1.165, 1.54) is 17.8 Å². The SMILES string of the molecule is Cc1cc(C(=O)N2CCCC(N(C)C)C2)sc1Br. The van der Waals surface area contributed by atoms with Crippen molar-refractivity contribution in [2.75, 3.05) is 27.2 Å². The number of thiophene rings is 1. The van der Waals surface area contributed by atoms with Crippen molar-refractivity contribution in [1.82, 2.24) is 9.80 Å². The number of rotatable bonds is 2. The Kier molecular flexibility index (Phi) is 4.45. The van der Waals surface area contributed by atoms with Gasteiger partial charge in [-0.2, -0.15) is 0 Å². The molecule has 5 heteroatoms. The molecule has 0 bridgehead atoms. The molecule has 3 nitrogen and oxygen atoms in total. The zero-order valence-corrected chi connectivity index (χ0v) is 13.5. The maximum Gasteiger partial charge on any atom is 0.264 e. The van der Waals surface area contributed by atoms with E-state index in [0.29, 0.717) is 6.04 Å². The van der Waals surface area contributed by atoms with Crippen LogP contribution in [-0.2, 0) is 0 Å². The van der Waals surface area contributed by atoms with Crippen molar-refractivity contribution in [1.29, 1.82) is 0 Å². The predicted octanol–water partition coefficient (Wildman–Crippen LogP) is 2.99. The van der Waals surface area contributed by atoms with Gasteiger partial charge in [0.15, 0.2) is 0 Å². The summed E-state index contributed by atoms with van der Waals surface area (Å²) in [5, 5.41) is 0. The topological polar surface area (TPSA) is 23.6 Å². The highest BCUT2D eigenvalue weighted by Gasteiger charge is 2.26. The Labute approximate surface area is 121 Å². The highest BCUT2D eigenvalue weighted by molar-refractivity contribution is 9.11. The summed E-state index contributed by atoms with van der Waals surface area (Å²) in [6.45, 7) is 3.76. The predicted molar refractivity (Wildman–Crippen MR) is 79.4 cm³/mol. The largest absolute Gasteiger partial charge is 0.336 e. The number of amides is 1. The normalized spacial score (nSPS) is 20.5. The van der Waals surface area contributed by atoms with E-state index in [-0.39, 0.29) is 5.91 Å². The van der Waals surface area contributed by atoms with Crippen LogP contribution < -0.4 is 0 Å². The zero-order valence-electron chi connectivity index (χ0n) is 11.1. The average molecular weight is 331 g/mol. The maximum atomic E-state index is 12.4. The lowest BCUT2D eigenvalue weighted by Crippen LogP contribution is -2.47. The molecule has 18 heavy (non-hydrogen) atoms. The fourth-order valence-corrected chi connectivity index (χ4v) is 3.78. The van der Waals surface area contributed by atoms with Gasteiger partial charge in [-0.25, -0.2) is 0 Å². The van der Waals surface area contributed by atoms with E-state index >= 15 is 0 Å². The Morgan fingerprint density at radius 2 is 2.28 bits per heavy atom. The lowest BCUT2D eigenvalue weighted by molar-refractivity contribution is 0.0640. The van der Waals surface area contributed by atoms with Gasteiger partial charge in [0.25, 0.3) is 5.91 Å². The first-order valence-corrected chi connectivity index (χ1v) is 7.81. The highest BCUT2D eigenvalue weighted by Crippen LogP contribution is 2.29. The summed E-state index contributed by atoms with van der Waals surface area (Å²) in [4.78, 5) is 17.5. The summed E-state index contributed by atoms with van der Waals surface area (Å²) in [5.41, 5.74) is 1.14. The molecule has 1 aliphatic rings. The van der Waals surface area contributed by atoms with Crippen molar-refractivity contribution in [2.45, 2.75) is 25.8 Å². The average Bonchev–Trinajstić information content (AvgIpc) is 2.69. The molecule has 0 spiro atoms. The number of nitrogens with zero attached hydrogens (tertiary/aromatic N) is 2. The fourth-order valence-electron chi connectivity index (χ4n) is 2.28. The second-order valence-electron chi connectivity index (χ2n) is 5.08. The number of likely N-dealkylation sites (N-methyl/N-ethyl adjacent to an activating group) is 1. The van der Waals surface area contributed by atoms with Gasteiger partial charge in [0.1, 0.15) is 0 Å². The molecule has 0 aromatic carbocycles. The number of aryl methyl sites for hydroxylation is 1. The molecule has 1 atom stereocenters. The molecule has 0 saturated carbocycles. The van der Waals surface area contributed by atoms with E-state index in [2.05, 4.69) is 34.9 Å². The van der Waals surface area contributed by atoms with E-state index in [1.54, 1.807) is 0 Å². The standard InChI is InChI=1S/C13H19BrN2OS/c1-9-7-11(18-12(9)14)13(17)16-6-4-5-10(8-16)15(2)3/h7,10H,4-6,8H2,1-3H3. The number of hydrogen-bond acceptors (Lipinski definition) is 3. The molecule has 1 fully saturated rings. The first-order chi connectivity index (χ1) is 8.49. The molecule has 0 radical (unpaired) electrons. The smallest absolute Gasteiger partial charge is 0.264 e. The molecule has 1 aromatic rings. The first kappa shape index (κ1) is 14.0. The molecule has 1 amide bonds. The Bertz CT molecular complexity index is 425. The quantitative estimate of drug-likeness (QED) is 0.832. The third kappa shape index (κ3) is 2.95. The molecule has 2 rings (SSSR count). The number of piperidine rings is 1. The van der Waals surface area contributed by atoms with Crippen LogP contribution in [0.4, 0.5) is 0 Å². The van der Waals surface area contributed by atoms with Crippen LogP contribution in [0.3, 0.4) is 0 Å². The van der Waals surface area contributed by atoms with Gasteiger partial charge in [-0.05, 0) is 61.4 Å². The van der Waals surface area contributed by atoms with Crippen molar-refractivity contribution in [3.8, 4) is 0 Å². The van der Waals surface area contributed by atoms with Gasteiger partial charge in [-0.3, -0.25) is 4.79 Å². The van der Waals surface area contributed by atoms with Crippen molar-refractivity contribution in [3.63, 3.8) is 0 Å². The number of hydrogen-bond donors (Lipinski definition) is 0. The van der Waals surface area contributed by atoms with Gasteiger partial charge in [0, 0.05) is 19.1 Å². The molecule has 1 aromatic heterocycles. The minimum absolute atomic E-state index is 0.181. The molecule has 0 aliphatic carbocycles. The second kappa shape index (κ2) is 5.72. The Morgan fingerprint density at radius 1 is 1.56 bits per heavy atom. The van der Waals surface area contributed by atoms with Crippen molar-refractivity contribution in [3.05, 3.63) is 20.3 Å². The fraction of sp³-hybridized carbons (Fsp3) is 0.615. The molecule has 1 saturated heterocycles. The van der Waals surface area contributed by atoms with Crippen molar-refractivity contribution >= 4 is 33.2 Å². The van der Waals surface area contributed by atoms with Crippen LogP contribution in [0, 0.1) is 6.92 Å². The van der Waals surface area contributed by atoms with E-state index in [0.717, 1.165) is 33.7 Å². The number of carbonyl (C=O) groups excluding carboxylic acids is 1. The van der Waals surface area contributed by atoms with E-state index in [1.807, 2.05) is 17.9 Å². The molecule has 0 N–H and O–H groups in total. The summed E-state index contributed by atoms with van der Waals surface area (Å²) in [5.74, 6) is 0.181. The van der Waals surface area contributed by atoms with Gasteiger partial charge < -0.3 is 9.80 Å². The van der Waals surface area contributed by atoms with Crippen LogP contribution in [0.2, 0.25) is 0 Å². The molecular formula is C13H19BrN2OS. The molecule has 100 valence electrons. The van der Waals surface area contributed by atoms with Crippen molar-refractivity contribution < 1.29 is 4.79 Å². The van der Waals surface area contributed by atoms with Crippen LogP contribution >= 0.6 is 27.3 Å². The monoisotopic (exact) mass is 330 g/mol. The Morgan fingerprint density at radius 3 is 2.83 bits per heavy atom. The summed E-state index contributed by atoms with van der Waals surface area (Å²) in [7, 11) is 4.18. The third-order valence-corrected chi connectivity index (χ3v) is 5.61. The lowest BCUT2D eigenvalue weighted by atomic mass is 10.0. The van der Waals surface area contributed by atoms with E-state index in [4.69, 9.17) is 0 Å². The second-order valence-corrected chi connectivity index (χ2v) is 7.45. The molecule has 1 aliphatic heterocycles. The van der Waals surface area contributed by atoms with Crippen molar-refractivity contribution in [2.24, 2.45) is 0 Å². The molecule has 2 heterocycles. The summed E-state index contributed by atoms with van der Waals surface area (Å²) in [6, 6.07) is 2.48. The van der Waals surface area contributed by atoms with E-state index in [9.17, 15) is 4.79 Å². The summed E-state index contributed by atoms with van der Waals surface area (Å²) in [6.07, 6.45) is 2.28. The number of carbonyl (C=O) groups is 1. The summed E-state index contributed by atoms with van der Waals surface area (Å²) < 4.78 is 1.06. The third-order valence-electron chi connectivity index (χ3n) is 3.48. The van der Waals surface area contributed by atoms with Gasteiger partial charge >= 0.3 is 0 Å². The van der Waals surface area contributed by atoms with Gasteiger partial charge in [-0.1, -0.05) is 0 Å².